The molecule has 3 aromatic rings. The van der Waals surface area contributed by atoms with Gasteiger partial charge in [-0.2, -0.15) is 5.10 Å². The Balaban J connectivity index is 1.40. The molecule has 0 fully saturated rings. The van der Waals surface area contributed by atoms with E-state index in [-0.39, 0.29) is 23.8 Å². The van der Waals surface area contributed by atoms with Crippen molar-refractivity contribution in [3.63, 3.8) is 0 Å². The molecule has 36 heavy (non-hydrogen) atoms. The minimum atomic E-state index is -4.80. The van der Waals surface area contributed by atoms with E-state index in [1.54, 1.807) is 12.1 Å². The predicted octanol–water partition coefficient (Wildman–Crippen LogP) is 5.35. The number of amides is 1. The van der Waals surface area contributed by atoms with E-state index in [0.717, 1.165) is 48.9 Å². The Morgan fingerprint density at radius 1 is 1.00 bits per heavy atom. The van der Waals surface area contributed by atoms with Gasteiger partial charge in [-0.25, -0.2) is 0 Å². The molecule has 0 aliphatic carbocycles. The minimum absolute atomic E-state index is 0.0482. The van der Waals surface area contributed by atoms with Crippen LogP contribution in [0.1, 0.15) is 65.1 Å². The molecule has 12 heteroatoms. The number of carbonyl (C=O) groups excluding carboxylic acids is 2. The zero-order valence-electron chi connectivity index (χ0n) is 19.7. The van der Waals surface area contributed by atoms with Gasteiger partial charge < -0.3 is 10.1 Å². The van der Waals surface area contributed by atoms with Crippen LogP contribution in [0.3, 0.4) is 0 Å². The predicted molar refractivity (Wildman–Crippen MR) is 128 cm³/mol. The standard InChI is InChI=1S/C24H26F3N5O3S/c1-2-3-10-19(33)23-32-31-22(36-23)11-5-4-8-17-12-13-20(30-29-17)28-21(34)15-16-7-6-9-18(14-16)35-24(25,26)27/h6-7,9,12-14H,2-5,8,10-11,15H2,1H3,(H,28,30,34). The van der Waals surface area contributed by atoms with Crippen molar-refractivity contribution in [3.05, 3.63) is 57.7 Å². The number of aryl methyl sites for hydroxylation is 2. The lowest BCUT2D eigenvalue weighted by molar-refractivity contribution is -0.274. The van der Waals surface area contributed by atoms with Crippen LogP contribution in [-0.2, 0) is 24.1 Å². The third kappa shape index (κ3) is 9.33. The number of hydrogen-bond acceptors (Lipinski definition) is 8. The number of ketones is 1. The van der Waals surface area contributed by atoms with Crippen molar-refractivity contribution in [2.24, 2.45) is 0 Å². The third-order valence-electron chi connectivity index (χ3n) is 5.02. The van der Waals surface area contributed by atoms with Gasteiger partial charge in [-0.1, -0.05) is 36.8 Å². The molecule has 1 amide bonds. The summed E-state index contributed by atoms with van der Waals surface area (Å²) in [6.45, 7) is 2.04. The van der Waals surface area contributed by atoms with Crippen molar-refractivity contribution in [2.45, 2.75) is 64.7 Å². The van der Waals surface area contributed by atoms with Crippen LogP contribution in [0.2, 0.25) is 0 Å². The summed E-state index contributed by atoms with van der Waals surface area (Å²) in [6, 6.07) is 8.63. The molecule has 0 radical (unpaired) electrons. The van der Waals surface area contributed by atoms with Crippen molar-refractivity contribution in [3.8, 4) is 5.75 Å². The lowest BCUT2D eigenvalue weighted by Gasteiger charge is -2.10. The fourth-order valence-corrected chi connectivity index (χ4v) is 4.13. The van der Waals surface area contributed by atoms with Crippen LogP contribution in [-0.4, -0.2) is 38.4 Å². The van der Waals surface area contributed by atoms with Gasteiger partial charge in [-0.3, -0.25) is 9.59 Å². The van der Waals surface area contributed by atoms with Gasteiger partial charge in [0.1, 0.15) is 10.8 Å². The molecule has 0 saturated heterocycles. The average Bonchev–Trinajstić information content (AvgIpc) is 3.29. The summed E-state index contributed by atoms with van der Waals surface area (Å²) >= 11 is 1.35. The number of anilines is 1. The first-order chi connectivity index (χ1) is 17.2. The number of aromatic nitrogens is 4. The second-order valence-corrected chi connectivity index (χ2v) is 9.13. The van der Waals surface area contributed by atoms with Gasteiger partial charge in [0.25, 0.3) is 0 Å². The zero-order chi connectivity index (χ0) is 26.0. The largest absolute Gasteiger partial charge is 0.573 e. The molecule has 0 atom stereocenters. The number of halogens is 3. The molecule has 1 aromatic carbocycles. The van der Waals surface area contributed by atoms with Crippen LogP contribution < -0.4 is 10.1 Å². The summed E-state index contributed by atoms with van der Waals surface area (Å²) in [5.74, 6) is -0.526. The van der Waals surface area contributed by atoms with E-state index >= 15 is 0 Å². The highest BCUT2D eigenvalue weighted by Crippen LogP contribution is 2.23. The van der Waals surface area contributed by atoms with Crippen LogP contribution in [0.15, 0.2) is 36.4 Å². The third-order valence-corrected chi connectivity index (χ3v) is 6.04. The Morgan fingerprint density at radius 2 is 1.81 bits per heavy atom. The van der Waals surface area contributed by atoms with E-state index in [9.17, 15) is 22.8 Å². The maximum atomic E-state index is 12.4. The number of rotatable bonds is 13. The van der Waals surface area contributed by atoms with Gasteiger partial charge in [0.05, 0.1) is 12.1 Å². The Bertz CT molecular complexity index is 1150. The molecule has 8 nitrogen and oxygen atoms in total. The van der Waals surface area contributed by atoms with Gasteiger partial charge in [-0.05, 0) is 55.5 Å². The van der Waals surface area contributed by atoms with Crippen molar-refractivity contribution in [1.82, 2.24) is 20.4 Å². The second-order valence-electron chi connectivity index (χ2n) is 8.06. The van der Waals surface area contributed by atoms with E-state index in [1.807, 2.05) is 6.92 Å². The average molecular weight is 522 g/mol. The fraction of sp³-hybridized carbons (Fsp3) is 0.417. The zero-order valence-corrected chi connectivity index (χ0v) is 20.5. The molecule has 192 valence electrons. The molecular weight excluding hydrogens is 495 g/mol. The monoisotopic (exact) mass is 521 g/mol. The maximum Gasteiger partial charge on any atom is 0.573 e. The van der Waals surface area contributed by atoms with Crippen LogP contribution in [0.25, 0.3) is 0 Å². The Labute approximate surface area is 210 Å². The Kier molecular flexibility index (Phi) is 9.86. The molecule has 0 bridgehead atoms. The Morgan fingerprint density at radius 3 is 2.53 bits per heavy atom. The van der Waals surface area contributed by atoms with E-state index in [1.165, 1.54) is 29.5 Å². The molecular formula is C24H26F3N5O3S. The van der Waals surface area contributed by atoms with Gasteiger partial charge in [0, 0.05) is 12.8 Å². The van der Waals surface area contributed by atoms with Crippen LogP contribution in [0.4, 0.5) is 19.0 Å². The normalized spacial score (nSPS) is 11.3. The SMILES string of the molecule is CCCCC(=O)c1nnc(CCCCc2ccc(NC(=O)Cc3cccc(OC(F)(F)F)c3)nn2)s1. The minimum Gasteiger partial charge on any atom is -0.406 e. The summed E-state index contributed by atoms with van der Waals surface area (Å²) < 4.78 is 41.0. The highest BCUT2D eigenvalue weighted by molar-refractivity contribution is 7.13. The molecule has 0 unspecified atom stereocenters. The number of Topliss-reactive ketones (excluding diaryl/α,β-unsaturated/α-hetero) is 1. The summed E-state index contributed by atoms with van der Waals surface area (Å²) in [4.78, 5) is 24.2. The van der Waals surface area contributed by atoms with Gasteiger partial charge >= 0.3 is 6.36 Å². The first kappa shape index (κ1) is 27.2. The first-order valence-electron chi connectivity index (χ1n) is 11.5. The maximum absolute atomic E-state index is 12.4. The van der Waals surface area contributed by atoms with Crippen molar-refractivity contribution in [2.75, 3.05) is 5.32 Å². The Hall–Kier alpha value is -3.41. The van der Waals surface area contributed by atoms with Crippen LogP contribution in [0, 0.1) is 0 Å². The fourth-order valence-electron chi connectivity index (χ4n) is 3.28. The molecule has 0 aliphatic heterocycles. The number of nitrogens with one attached hydrogen (secondary N) is 1. The molecule has 1 N–H and O–H groups in total. The number of unbranched alkanes of at least 4 members (excludes halogenated alkanes) is 2. The van der Waals surface area contributed by atoms with E-state index in [2.05, 4.69) is 30.4 Å². The molecule has 0 aliphatic rings. The van der Waals surface area contributed by atoms with Crippen molar-refractivity contribution in [1.29, 1.82) is 0 Å². The quantitative estimate of drug-likeness (QED) is 0.239. The number of ether oxygens (including phenoxy) is 1. The highest BCUT2D eigenvalue weighted by atomic mass is 32.1. The molecule has 3 rings (SSSR count). The summed E-state index contributed by atoms with van der Waals surface area (Å²) in [6.07, 6.45) is 0.501. The van der Waals surface area contributed by atoms with E-state index < -0.39 is 12.3 Å². The number of hydrogen-bond donors (Lipinski definition) is 1. The first-order valence-corrected chi connectivity index (χ1v) is 12.4. The lowest BCUT2D eigenvalue weighted by Crippen LogP contribution is -2.18. The summed E-state index contributed by atoms with van der Waals surface area (Å²) in [5, 5.41) is 20.1. The van der Waals surface area contributed by atoms with E-state index in [0.29, 0.717) is 23.4 Å². The second kappa shape index (κ2) is 13.1. The van der Waals surface area contributed by atoms with Gasteiger partial charge in [0.15, 0.2) is 16.6 Å². The molecule has 0 spiro atoms. The molecule has 2 aromatic heterocycles. The smallest absolute Gasteiger partial charge is 0.406 e. The topological polar surface area (TPSA) is 107 Å². The summed E-state index contributed by atoms with van der Waals surface area (Å²) in [5.41, 5.74) is 1.13. The van der Waals surface area contributed by atoms with E-state index in [4.69, 9.17) is 0 Å². The van der Waals surface area contributed by atoms with Crippen molar-refractivity contribution < 1.29 is 27.5 Å². The summed E-state index contributed by atoms with van der Waals surface area (Å²) in [7, 11) is 0. The number of benzene rings is 1. The van der Waals surface area contributed by atoms with Crippen molar-refractivity contribution >= 4 is 28.8 Å². The van der Waals surface area contributed by atoms with Gasteiger partial charge in [-0.15, -0.1) is 28.5 Å². The highest BCUT2D eigenvalue weighted by Gasteiger charge is 2.31. The van der Waals surface area contributed by atoms with Crippen LogP contribution in [0.5, 0.6) is 5.75 Å². The molecule has 0 saturated carbocycles. The number of alkyl halides is 3. The lowest BCUT2D eigenvalue weighted by atomic mass is 10.1. The number of nitrogens with zero attached hydrogens (tertiary/aromatic N) is 4. The number of carbonyl (C=O) groups is 2. The molecule has 2 heterocycles. The van der Waals surface area contributed by atoms with Gasteiger partial charge in [0.2, 0.25) is 5.91 Å². The van der Waals surface area contributed by atoms with Crippen LogP contribution >= 0.6 is 11.3 Å².